The molecular weight excluding hydrogens is 635 g/mol. The maximum atomic E-state index is 13.9. The lowest BCUT2D eigenvalue weighted by atomic mass is 10.00. The van der Waals surface area contributed by atoms with Crippen LogP contribution < -0.4 is 16.3 Å². The molecule has 0 spiro atoms. The van der Waals surface area contributed by atoms with Gasteiger partial charge in [0.1, 0.15) is 18.2 Å². The van der Waals surface area contributed by atoms with Gasteiger partial charge >= 0.3 is 11.7 Å². The number of carbonyl (C=O) groups is 2. The van der Waals surface area contributed by atoms with Crippen LogP contribution in [0.2, 0.25) is 0 Å². The van der Waals surface area contributed by atoms with Gasteiger partial charge in [0, 0.05) is 11.2 Å². The molecule has 0 unspecified atom stereocenters. The van der Waals surface area contributed by atoms with Gasteiger partial charge in [-0.2, -0.15) is 4.39 Å². The first kappa shape index (κ1) is 35.3. The largest absolute Gasteiger partial charge is 0.462 e. The summed E-state index contributed by atoms with van der Waals surface area (Å²) in [5, 5.41) is 13.5. The third-order valence-corrected chi connectivity index (χ3v) is 9.94. The molecule has 0 saturated carbocycles. The molecule has 1 fully saturated rings. The Morgan fingerprint density at radius 3 is 2.52 bits per heavy atom. The Morgan fingerprint density at radius 1 is 1.32 bits per heavy atom. The zero-order valence-electron chi connectivity index (χ0n) is 22.6. The maximum Gasteiger partial charge on any atom is 0.330 e. The molecule has 1 aliphatic rings. The number of nitrogens with zero attached hydrogens (tertiary/aromatic N) is 1. The summed E-state index contributed by atoms with van der Waals surface area (Å²) in [6.45, 7) is 6.18. The molecule has 0 amide bonds. The molecule has 1 aromatic rings. The number of H-pyrrole nitrogens is 1. The minimum atomic E-state index is -3.51. The number of ether oxygens (including phenoxy) is 2. The van der Waals surface area contributed by atoms with E-state index < -0.39 is 76.6 Å². The summed E-state index contributed by atoms with van der Waals surface area (Å²) in [6.07, 6.45) is -4.44. The first-order valence-electron chi connectivity index (χ1n) is 12.1. The van der Waals surface area contributed by atoms with E-state index in [1.165, 1.54) is 6.92 Å². The SMILES string of the molecule is CC(C)OC(=O)[C@@H](C)N[P@](=S)(OCCSC(=O)C(C)(C)C)OC[C@H]1O[C@@H](n2cc(F)c(=O)[nH]c2=O)C(Cl)(Cl)[C@@H]1O. The van der Waals surface area contributed by atoms with Gasteiger partial charge in [0.15, 0.2) is 15.7 Å². The number of aliphatic hydroxyl groups is 1. The molecule has 18 heteroatoms. The monoisotopic (exact) mass is 667 g/mol. The highest BCUT2D eigenvalue weighted by Gasteiger charge is 2.56. The van der Waals surface area contributed by atoms with Gasteiger partial charge in [0.05, 0.1) is 25.5 Å². The van der Waals surface area contributed by atoms with E-state index in [9.17, 15) is 28.7 Å². The van der Waals surface area contributed by atoms with E-state index in [0.717, 1.165) is 11.8 Å². The quantitative estimate of drug-likeness (QED) is 0.130. The summed E-state index contributed by atoms with van der Waals surface area (Å²) in [4.78, 5) is 50.0. The number of halogens is 3. The number of hydrogen-bond donors (Lipinski definition) is 3. The van der Waals surface area contributed by atoms with Gasteiger partial charge in [0.25, 0.3) is 12.2 Å². The van der Waals surface area contributed by atoms with Crippen LogP contribution in [0.5, 0.6) is 0 Å². The molecule has 0 aliphatic carbocycles. The number of nitrogens with one attached hydrogen (secondary N) is 2. The van der Waals surface area contributed by atoms with Crippen LogP contribution in [0.3, 0.4) is 0 Å². The van der Waals surface area contributed by atoms with Crippen molar-refractivity contribution in [2.24, 2.45) is 5.41 Å². The van der Waals surface area contributed by atoms with Crippen molar-refractivity contribution >= 4 is 64.5 Å². The fourth-order valence-electron chi connectivity index (χ4n) is 3.16. The van der Waals surface area contributed by atoms with Crippen molar-refractivity contribution in [1.29, 1.82) is 0 Å². The van der Waals surface area contributed by atoms with Crippen LogP contribution in [-0.2, 0) is 39.9 Å². The highest BCUT2D eigenvalue weighted by Crippen LogP contribution is 2.49. The molecule has 0 radical (unpaired) electrons. The second-order valence-corrected chi connectivity index (χ2v) is 15.9. The standard InChI is InChI=1S/C22H33Cl2FN3O9PS2/c1-11(2)36-17(31)12(3)27-38(39,34-7-8-40-19(32)21(4,5)6)35-10-14-15(29)22(23,24)18(37-14)28-9-13(25)16(30)26-20(28)33/h9,11-12,14-15,18,29H,7-8,10H2,1-6H3,(H,27,39)(H,26,30,33)/t12-,14-,15-,18-,38+/m1/s1. The number of aromatic amines is 1. The molecule has 1 aliphatic heterocycles. The van der Waals surface area contributed by atoms with E-state index in [-0.39, 0.29) is 17.5 Å². The Bertz CT molecular complexity index is 1240. The van der Waals surface area contributed by atoms with Crippen LogP contribution in [-0.4, -0.2) is 73.4 Å². The second kappa shape index (κ2) is 14.1. The summed E-state index contributed by atoms with van der Waals surface area (Å²) < 4.78 is 34.7. The van der Waals surface area contributed by atoms with Crippen LogP contribution in [0.4, 0.5) is 4.39 Å². The van der Waals surface area contributed by atoms with Crippen molar-refractivity contribution in [3.8, 4) is 0 Å². The third kappa shape index (κ3) is 9.32. The molecule has 1 aromatic heterocycles. The Kier molecular flexibility index (Phi) is 12.4. The average Bonchev–Trinajstić information content (AvgIpc) is 3.05. The zero-order chi connectivity index (χ0) is 30.6. The molecule has 1 saturated heterocycles. The smallest absolute Gasteiger partial charge is 0.330 e. The Labute approximate surface area is 249 Å². The van der Waals surface area contributed by atoms with Crippen LogP contribution in [0.15, 0.2) is 15.8 Å². The molecule has 3 N–H and O–H groups in total. The van der Waals surface area contributed by atoms with Gasteiger partial charge in [-0.3, -0.25) is 23.9 Å². The molecule has 2 rings (SSSR count). The molecule has 228 valence electrons. The average molecular weight is 669 g/mol. The number of alkyl halides is 2. The zero-order valence-corrected chi connectivity index (χ0v) is 26.7. The van der Waals surface area contributed by atoms with Gasteiger partial charge in [-0.1, -0.05) is 55.7 Å². The van der Waals surface area contributed by atoms with Gasteiger partial charge in [-0.25, -0.2) is 9.88 Å². The Morgan fingerprint density at radius 2 is 1.95 bits per heavy atom. The van der Waals surface area contributed by atoms with E-state index in [4.69, 9.17) is 53.5 Å². The predicted octanol–water partition coefficient (Wildman–Crippen LogP) is 2.60. The fraction of sp³-hybridized carbons (Fsp3) is 0.727. The van der Waals surface area contributed by atoms with Crippen molar-refractivity contribution in [3.63, 3.8) is 0 Å². The fourth-order valence-corrected chi connectivity index (χ4v) is 7.02. The molecule has 2 heterocycles. The van der Waals surface area contributed by atoms with E-state index >= 15 is 0 Å². The molecule has 12 nitrogen and oxygen atoms in total. The number of rotatable bonds is 12. The molecule has 0 bridgehead atoms. The van der Waals surface area contributed by atoms with Gasteiger partial charge in [0.2, 0.25) is 5.82 Å². The highest BCUT2D eigenvalue weighted by atomic mass is 35.5. The summed E-state index contributed by atoms with van der Waals surface area (Å²) in [6, 6.07) is -0.956. The number of esters is 1. The lowest BCUT2D eigenvalue weighted by Gasteiger charge is -2.28. The predicted molar refractivity (Wildman–Crippen MR) is 153 cm³/mol. The molecule has 0 aromatic carbocycles. The minimum Gasteiger partial charge on any atom is -0.462 e. The minimum absolute atomic E-state index is 0.0274. The topological polar surface area (TPSA) is 158 Å². The third-order valence-electron chi connectivity index (χ3n) is 5.21. The van der Waals surface area contributed by atoms with Gasteiger partial charge < -0.3 is 23.6 Å². The summed E-state index contributed by atoms with van der Waals surface area (Å²) in [5.74, 6) is -1.69. The van der Waals surface area contributed by atoms with Crippen LogP contribution >= 0.6 is 41.6 Å². The van der Waals surface area contributed by atoms with Gasteiger partial charge in [-0.15, -0.1) is 0 Å². The number of carbonyl (C=O) groups excluding carboxylic acids is 2. The number of thioether (sulfide) groups is 1. The summed E-state index contributed by atoms with van der Waals surface area (Å²) in [7, 11) is 0. The Hall–Kier alpha value is -0.870. The van der Waals surface area contributed by atoms with E-state index in [0.29, 0.717) is 10.8 Å². The first-order chi connectivity index (χ1) is 18.3. The van der Waals surface area contributed by atoms with E-state index in [1.807, 2.05) is 0 Å². The van der Waals surface area contributed by atoms with Crippen molar-refractivity contribution in [2.45, 2.75) is 76.5 Å². The maximum absolute atomic E-state index is 13.9. The number of hydrogen-bond acceptors (Lipinski definition) is 11. The second-order valence-electron chi connectivity index (χ2n) is 10.1. The number of aliphatic hydroxyl groups excluding tert-OH is 1. The normalized spacial score (nSPS) is 23.1. The first-order valence-corrected chi connectivity index (χ1v) is 16.4. The lowest BCUT2D eigenvalue weighted by Crippen LogP contribution is -2.42. The molecule has 5 atom stereocenters. The van der Waals surface area contributed by atoms with Crippen molar-refractivity contribution in [1.82, 2.24) is 14.6 Å². The van der Waals surface area contributed by atoms with Crippen molar-refractivity contribution in [2.75, 3.05) is 19.0 Å². The van der Waals surface area contributed by atoms with Crippen molar-refractivity contribution in [3.05, 3.63) is 32.9 Å². The van der Waals surface area contributed by atoms with E-state index in [1.54, 1.807) is 39.6 Å². The molecule has 40 heavy (non-hydrogen) atoms. The summed E-state index contributed by atoms with van der Waals surface area (Å²) in [5.41, 5.74) is -2.90. The lowest BCUT2D eigenvalue weighted by molar-refractivity contribution is -0.149. The Balaban J connectivity index is 2.19. The number of aromatic nitrogens is 2. The van der Waals surface area contributed by atoms with E-state index in [2.05, 4.69) is 5.09 Å². The molecular formula is C22H33Cl2FN3O9PS2. The van der Waals surface area contributed by atoms with Gasteiger partial charge in [-0.05, 0) is 32.6 Å². The van der Waals surface area contributed by atoms with Crippen LogP contribution in [0.1, 0.15) is 47.8 Å². The van der Waals surface area contributed by atoms with Crippen LogP contribution in [0, 0.1) is 11.2 Å². The van der Waals surface area contributed by atoms with Crippen molar-refractivity contribution < 1.29 is 37.6 Å². The summed E-state index contributed by atoms with van der Waals surface area (Å²) >= 11 is 19.2. The highest BCUT2D eigenvalue weighted by molar-refractivity contribution is 8.13. The van der Waals surface area contributed by atoms with Crippen LogP contribution in [0.25, 0.3) is 0 Å².